The molecule has 0 atom stereocenters. The minimum absolute atomic E-state index is 0.0266. The monoisotopic (exact) mass is 369 g/mol. The van der Waals surface area contributed by atoms with Gasteiger partial charge in [0.15, 0.2) is 17.3 Å². The van der Waals surface area contributed by atoms with Gasteiger partial charge in [-0.25, -0.2) is 9.18 Å². The van der Waals surface area contributed by atoms with Crippen LogP contribution in [0.3, 0.4) is 0 Å². The first-order valence-corrected chi connectivity index (χ1v) is 7.85. The number of methoxy groups -OCH3 is 1. The molecule has 0 aliphatic heterocycles. The van der Waals surface area contributed by atoms with Gasteiger partial charge in [-0.15, -0.1) is 0 Å². The molecule has 8 nitrogen and oxygen atoms in total. The van der Waals surface area contributed by atoms with Crippen LogP contribution in [0.4, 0.5) is 10.1 Å². The van der Waals surface area contributed by atoms with Crippen LogP contribution in [0.25, 0.3) is 5.69 Å². The highest BCUT2D eigenvalue weighted by molar-refractivity contribution is 5.95. The molecule has 3 aromatic rings. The topological polar surface area (TPSA) is 108 Å². The number of nitrogens with two attached hydrogens (primary N) is 1. The van der Waals surface area contributed by atoms with Crippen molar-refractivity contribution in [2.45, 2.75) is 6.61 Å². The summed E-state index contributed by atoms with van der Waals surface area (Å²) < 4.78 is 27.6. The van der Waals surface area contributed by atoms with E-state index in [1.165, 1.54) is 30.0 Å². The summed E-state index contributed by atoms with van der Waals surface area (Å²) in [6.07, 6.45) is 2.97. The van der Waals surface area contributed by atoms with Crippen molar-refractivity contribution in [3.05, 3.63) is 59.4 Å². The normalized spacial score (nSPS) is 10.4. The number of aryl methyl sites for hydroxylation is 1. The second-order valence-corrected chi connectivity index (χ2v) is 5.63. The number of halogens is 1. The van der Waals surface area contributed by atoms with Gasteiger partial charge in [-0.3, -0.25) is 4.68 Å². The molecule has 1 aromatic carbocycles. The molecule has 0 spiro atoms. The highest BCUT2D eigenvalue weighted by atomic mass is 19.1. The Balaban J connectivity index is 1.93. The Bertz CT molecular complexity index is 1050. The molecule has 2 heterocycles. The molecule has 0 amide bonds. The molecule has 0 saturated carbocycles. The Hall–Kier alpha value is -3.80. The van der Waals surface area contributed by atoms with E-state index in [1.807, 2.05) is 6.07 Å². The van der Waals surface area contributed by atoms with E-state index in [-0.39, 0.29) is 29.3 Å². The van der Waals surface area contributed by atoms with E-state index < -0.39 is 11.8 Å². The summed E-state index contributed by atoms with van der Waals surface area (Å²) in [5, 5.41) is 13.2. The smallest absolute Gasteiger partial charge is 0.357 e. The third-order valence-electron chi connectivity index (χ3n) is 4.04. The van der Waals surface area contributed by atoms with Crippen LogP contribution in [-0.2, 0) is 18.4 Å². The van der Waals surface area contributed by atoms with Crippen LogP contribution in [0.2, 0.25) is 0 Å². The van der Waals surface area contributed by atoms with Crippen LogP contribution in [0.15, 0.2) is 36.7 Å². The first kappa shape index (κ1) is 18.0. The predicted molar refractivity (Wildman–Crippen MR) is 93.7 cm³/mol. The quantitative estimate of drug-likeness (QED) is 0.691. The number of hydrogen-bond donors (Lipinski definition) is 1. The summed E-state index contributed by atoms with van der Waals surface area (Å²) in [6, 6.07) is 7.83. The molecule has 0 saturated heterocycles. The second kappa shape index (κ2) is 7.21. The van der Waals surface area contributed by atoms with Gasteiger partial charge in [0.2, 0.25) is 0 Å². The number of ether oxygens (including phenoxy) is 2. The van der Waals surface area contributed by atoms with E-state index in [9.17, 15) is 9.18 Å². The van der Waals surface area contributed by atoms with Gasteiger partial charge in [0.25, 0.3) is 0 Å². The minimum atomic E-state index is -0.731. The molecule has 0 radical (unpaired) electrons. The maximum atomic E-state index is 14.5. The van der Waals surface area contributed by atoms with Crippen molar-refractivity contribution in [2.75, 3.05) is 12.8 Å². The molecule has 0 fully saturated rings. The van der Waals surface area contributed by atoms with Crippen molar-refractivity contribution < 1.29 is 18.7 Å². The van der Waals surface area contributed by atoms with Crippen molar-refractivity contribution >= 4 is 11.7 Å². The molecule has 27 heavy (non-hydrogen) atoms. The summed E-state index contributed by atoms with van der Waals surface area (Å²) in [4.78, 5) is 12.0. The lowest BCUT2D eigenvalue weighted by Crippen LogP contribution is -2.11. The van der Waals surface area contributed by atoms with E-state index >= 15 is 0 Å². The zero-order valence-electron chi connectivity index (χ0n) is 14.6. The number of anilines is 1. The lowest BCUT2D eigenvalue weighted by molar-refractivity contribution is 0.0593. The fraction of sp³-hybridized carbons (Fsp3) is 0.167. The Morgan fingerprint density at radius 2 is 2.19 bits per heavy atom. The molecule has 0 unspecified atom stereocenters. The number of carbonyl (C=O) groups excluding carboxylic acids is 1. The molecule has 0 aliphatic carbocycles. The van der Waals surface area contributed by atoms with Crippen molar-refractivity contribution in [2.24, 2.45) is 7.05 Å². The Kier molecular flexibility index (Phi) is 4.81. The van der Waals surface area contributed by atoms with Crippen molar-refractivity contribution in [3.8, 4) is 17.5 Å². The average Bonchev–Trinajstić information content (AvgIpc) is 3.22. The summed E-state index contributed by atoms with van der Waals surface area (Å²) >= 11 is 0. The van der Waals surface area contributed by atoms with Gasteiger partial charge >= 0.3 is 5.97 Å². The van der Waals surface area contributed by atoms with Crippen molar-refractivity contribution in [3.63, 3.8) is 0 Å². The summed E-state index contributed by atoms with van der Waals surface area (Å²) in [6.45, 7) is 0.148. The Morgan fingerprint density at radius 1 is 1.41 bits per heavy atom. The van der Waals surface area contributed by atoms with Crippen LogP contribution < -0.4 is 10.5 Å². The number of nitrogen functional groups attached to an aromatic ring is 1. The van der Waals surface area contributed by atoms with E-state index in [0.29, 0.717) is 5.69 Å². The summed E-state index contributed by atoms with van der Waals surface area (Å²) in [5.74, 6) is -1.32. The molecule has 0 aliphatic rings. The van der Waals surface area contributed by atoms with Crippen LogP contribution in [0.1, 0.15) is 21.7 Å². The molecule has 9 heteroatoms. The number of carbonyl (C=O) groups is 1. The highest BCUT2D eigenvalue weighted by Gasteiger charge is 2.22. The van der Waals surface area contributed by atoms with Gasteiger partial charge in [0.05, 0.1) is 24.1 Å². The number of benzene rings is 1. The van der Waals surface area contributed by atoms with Crippen LogP contribution in [-0.4, -0.2) is 27.4 Å². The van der Waals surface area contributed by atoms with Crippen LogP contribution >= 0.6 is 0 Å². The van der Waals surface area contributed by atoms with Crippen LogP contribution in [0, 0.1) is 17.1 Å². The zero-order chi connectivity index (χ0) is 19.6. The fourth-order valence-corrected chi connectivity index (χ4v) is 2.57. The summed E-state index contributed by atoms with van der Waals surface area (Å²) in [5.41, 5.74) is 6.94. The van der Waals surface area contributed by atoms with Gasteiger partial charge in [0, 0.05) is 31.2 Å². The second-order valence-electron chi connectivity index (χ2n) is 5.63. The van der Waals surface area contributed by atoms with Crippen LogP contribution in [0.5, 0.6) is 5.75 Å². The first-order valence-electron chi connectivity index (χ1n) is 7.85. The maximum absolute atomic E-state index is 14.5. The molecular weight excluding hydrogens is 353 g/mol. The fourth-order valence-electron chi connectivity index (χ4n) is 2.57. The predicted octanol–water partition coefficient (Wildman–Crippen LogP) is 2.17. The molecule has 138 valence electrons. The zero-order valence-corrected chi connectivity index (χ0v) is 14.6. The number of rotatable bonds is 5. The molecular formula is C18H16FN5O3. The lowest BCUT2D eigenvalue weighted by atomic mass is 10.2. The number of aromatic nitrogens is 3. The number of nitriles is 1. The third kappa shape index (κ3) is 3.32. The minimum Gasteiger partial charge on any atom is -0.484 e. The van der Waals surface area contributed by atoms with Gasteiger partial charge < -0.3 is 19.8 Å². The Labute approximate surface area is 154 Å². The number of hydrogen-bond acceptors (Lipinski definition) is 6. The SMILES string of the molecule is COC(=O)c1c(N)c(C#N)cn1-c1ccc(OCc2ccnn2C)c(F)c1. The third-order valence-corrected chi connectivity index (χ3v) is 4.04. The van der Waals surface area contributed by atoms with E-state index in [1.54, 1.807) is 30.1 Å². The van der Waals surface area contributed by atoms with Crippen molar-refractivity contribution in [1.29, 1.82) is 5.26 Å². The summed E-state index contributed by atoms with van der Waals surface area (Å²) in [7, 11) is 2.96. The maximum Gasteiger partial charge on any atom is 0.357 e. The van der Waals surface area contributed by atoms with Gasteiger partial charge in [-0.1, -0.05) is 0 Å². The van der Waals surface area contributed by atoms with E-state index in [2.05, 4.69) is 5.10 Å². The number of nitrogens with zero attached hydrogens (tertiary/aromatic N) is 4. The average molecular weight is 369 g/mol. The van der Waals surface area contributed by atoms with Crippen molar-refractivity contribution in [1.82, 2.24) is 14.3 Å². The highest BCUT2D eigenvalue weighted by Crippen LogP contribution is 2.27. The van der Waals surface area contributed by atoms with Gasteiger partial charge in [-0.2, -0.15) is 10.4 Å². The standard InChI is InChI=1S/C18H16FN5O3/c1-23-13(5-6-22-23)10-27-15-4-3-12(7-14(15)19)24-9-11(8-20)16(21)17(24)18(25)26-2/h3-7,9H,10,21H2,1-2H3. The molecule has 3 rings (SSSR count). The van der Waals surface area contributed by atoms with E-state index in [4.69, 9.17) is 20.5 Å². The molecule has 2 aromatic heterocycles. The Morgan fingerprint density at radius 3 is 2.78 bits per heavy atom. The lowest BCUT2D eigenvalue weighted by Gasteiger charge is -2.11. The number of esters is 1. The molecule has 0 bridgehead atoms. The largest absolute Gasteiger partial charge is 0.484 e. The molecule has 2 N–H and O–H groups in total. The van der Waals surface area contributed by atoms with Gasteiger partial charge in [0.1, 0.15) is 12.7 Å². The van der Waals surface area contributed by atoms with Gasteiger partial charge in [-0.05, 0) is 18.2 Å². The van der Waals surface area contributed by atoms with E-state index in [0.717, 1.165) is 5.69 Å². The first-order chi connectivity index (χ1) is 13.0.